The lowest BCUT2D eigenvalue weighted by Crippen LogP contribution is -2.47. The molecule has 1 aliphatic heterocycles. The predicted molar refractivity (Wildman–Crippen MR) is 90.6 cm³/mol. The molecule has 0 saturated carbocycles. The van der Waals surface area contributed by atoms with Crippen LogP contribution in [0.1, 0.15) is 0 Å². The first-order valence-corrected chi connectivity index (χ1v) is 7.85. The summed E-state index contributed by atoms with van der Waals surface area (Å²) in [5, 5.41) is 11.2. The fourth-order valence-corrected chi connectivity index (χ4v) is 3.06. The maximum Gasteiger partial charge on any atom is 0.161 e. The van der Waals surface area contributed by atoms with Gasteiger partial charge < -0.3 is 19.5 Å². The van der Waals surface area contributed by atoms with Gasteiger partial charge in [0.15, 0.2) is 11.5 Å². The smallest absolute Gasteiger partial charge is 0.161 e. The fraction of sp³-hybridized carbons (Fsp3) is 0.471. The van der Waals surface area contributed by atoms with Gasteiger partial charge in [-0.25, -0.2) is 4.98 Å². The SMILES string of the molecule is COc1cc2ccnc(N3CCN(CCO)CC3)c2cc1OC. The van der Waals surface area contributed by atoms with E-state index >= 15 is 0 Å². The van der Waals surface area contributed by atoms with E-state index in [-0.39, 0.29) is 6.61 Å². The molecule has 0 unspecified atom stereocenters. The second kappa shape index (κ2) is 7.02. The van der Waals surface area contributed by atoms with Gasteiger partial charge in [-0.1, -0.05) is 0 Å². The van der Waals surface area contributed by atoms with Crippen molar-refractivity contribution in [3.63, 3.8) is 0 Å². The highest BCUT2D eigenvalue weighted by Crippen LogP contribution is 2.35. The zero-order chi connectivity index (χ0) is 16.2. The molecule has 0 spiro atoms. The van der Waals surface area contributed by atoms with Crippen molar-refractivity contribution in [2.24, 2.45) is 0 Å². The van der Waals surface area contributed by atoms with E-state index in [4.69, 9.17) is 14.6 Å². The summed E-state index contributed by atoms with van der Waals surface area (Å²) in [5.74, 6) is 2.42. The number of aliphatic hydroxyl groups excluding tert-OH is 1. The molecule has 6 heteroatoms. The number of ether oxygens (including phenoxy) is 2. The van der Waals surface area contributed by atoms with E-state index in [0.29, 0.717) is 5.75 Å². The summed E-state index contributed by atoms with van der Waals surface area (Å²) < 4.78 is 10.8. The summed E-state index contributed by atoms with van der Waals surface area (Å²) in [5.41, 5.74) is 0. The summed E-state index contributed by atoms with van der Waals surface area (Å²) in [6.45, 7) is 4.63. The normalized spacial score (nSPS) is 15.9. The van der Waals surface area contributed by atoms with Gasteiger partial charge in [-0.3, -0.25) is 4.90 Å². The first-order chi connectivity index (χ1) is 11.3. The number of hydrogen-bond donors (Lipinski definition) is 1. The maximum atomic E-state index is 9.06. The number of aromatic nitrogens is 1. The summed E-state index contributed by atoms with van der Waals surface area (Å²) in [6.07, 6.45) is 1.84. The second-order valence-electron chi connectivity index (χ2n) is 5.62. The van der Waals surface area contributed by atoms with E-state index in [1.54, 1.807) is 14.2 Å². The summed E-state index contributed by atoms with van der Waals surface area (Å²) in [6, 6.07) is 5.97. The molecule has 2 heterocycles. The van der Waals surface area contributed by atoms with Crippen molar-refractivity contribution in [1.82, 2.24) is 9.88 Å². The molecule has 0 aliphatic carbocycles. The highest BCUT2D eigenvalue weighted by atomic mass is 16.5. The van der Waals surface area contributed by atoms with Crippen LogP contribution in [0.4, 0.5) is 5.82 Å². The molecule has 0 amide bonds. The number of aliphatic hydroxyl groups is 1. The van der Waals surface area contributed by atoms with E-state index < -0.39 is 0 Å². The number of rotatable bonds is 5. The van der Waals surface area contributed by atoms with Crippen LogP contribution >= 0.6 is 0 Å². The van der Waals surface area contributed by atoms with E-state index in [1.807, 2.05) is 24.4 Å². The molecule has 0 radical (unpaired) electrons. The van der Waals surface area contributed by atoms with Gasteiger partial charge in [0.05, 0.1) is 20.8 Å². The Labute approximate surface area is 136 Å². The minimum atomic E-state index is 0.212. The number of benzene rings is 1. The molecule has 23 heavy (non-hydrogen) atoms. The van der Waals surface area contributed by atoms with Crippen LogP contribution < -0.4 is 14.4 Å². The first kappa shape index (κ1) is 15.8. The monoisotopic (exact) mass is 317 g/mol. The average Bonchev–Trinajstić information content (AvgIpc) is 2.61. The topological polar surface area (TPSA) is 58.1 Å². The highest BCUT2D eigenvalue weighted by Gasteiger charge is 2.20. The Kier molecular flexibility index (Phi) is 4.83. The Morgan fingerprint density at radius 1 is 1.09 bits per heavy atom. The molecule has 1 N–H and O–H groups in total. The van der Waals surface area contributed by atoms with Crippen LogP contribution in [0.3, 0.4) is 0 Å². The van der Waals surface area contributed by atoms with Gasteiger partial charge >= 0.3 is 0 Å². The number of fused-ring (bicyclic) bond motifs is 1. The minimum absolute atomic E-state index is 0.212. The standard InChI is InChI=1S/C17H23N3O3/c1-22-15-11-13-3-4-18-17(14(13)12-16(15)23-2)20-7-5-19(6-8-20)9-10-21/h3-4,11-12,21H,5-10H2,1-2H3. The molecule has 0 bridgehead atoms. The van der Waals surface area contributed by atoms with Crippen LogP contribution in [0.25, 0.3) is 10.8 Å². The third-order valence-corrected chi connectivity index (χ3v) is 4.34. The van der Waals surface area contributed by atoms with E-state index in [0.717, 1.165) is 55.1 Å². The van der Waals surface area contributed by atoms with Gasteiger partial charge in [0.2, 0.25) is 0 Å². The summed E-state index contributed by atoms with van der Waals surface area (Å²) in [7, 11) is 3.29. The maximum absolute atomic E-state index is 9.06. The second-order valence-corrected chi connectivity index (χ2v) is 5.62. The lowest BCUT2D eigenvalue weighted by molar-refractivity contribution is 0.188. The number of pyridine rings is 1. The molecule has 1 fully saturated rings. The third-order valence-electron chi connectivity index (χ3n) is 4.34. The Balaban J connectivity index is 1.92. The van der Waals surface area contributed by atoms with Crippen molar-refractivity contribution in [3.8, 4) is 11.5 Å². The molecule has 6 nitrogen and oxygen atoms in total. The number of β-amino-alcohol motifs (C(OH)–C–C–N with tert-alkyl or cyclic N) is 1. The van der Waals surface area contributed by atoms with Crippen LogP contribution in [0.2, 0.25) is 0 Å². The molecule has 1 aliphatic rings. The zero-order valence-corrected chi connectivity index (χ0v) is 13.7. The largest absolute Gasteiger partial charge is 0.493 e. The zero-order valence-electron chi connectivity index (χ0n) is 13.7. The molecular formula is C17H23N3O3. The van der Waals surface area contributed by atoms with Gasteiger partial charge in [-0.05, 0) is 23.6 Å². The van der Waals surface area contributed by atoms with Gasteiger partial charge in [0, 0.05) is 44.3 Å². The van der Waals surface area contributed by atoms with Gasteiger partial charge in [-0.15, -0.1) is 0 Å². The molecule has 3 rings (SSSR count). The van der Waals surface area contributed by atoms with Crippen molar-refractivity contribution in [2.45, 2.75) is 0 Å². The molecular weight excluding hydrogens is 294 g/mol. The molecule has 1 aromatic heterocycles. The van der Waals surface area contributed by atoms with Gasteiger partial charge in [0.1, 0.15) is 5.82 Å². The van der Waals surface area contributed by atoms with Gasteiger partial charge in [-0.2, -0.15) is 0 Å². The van der Waals surface area contributed by atoms with Crippen LogP contribution in [-0.4, -0.2) is 68.5 Å². The molecule has 124 valence electrons. The predicted octanol–water partition coefficient (Wildman–Crippen LogP) is 1.37. The van der Waals surface area contributed by atoms with Crippen molar-refractivity contribution in [3.05, 3.63) is 24.4 Å². The van der Waals surface area contributed by atoms with E-state index in [9.17, 15) is 0 Å². The Bertz CT molecular complexity index is 669. The van der Waals surface area contributed by atoms with E-state index in [2.05, 4.69) is 14.8 Å². The van der Waals surface area contributed by atoms with Crippen molar-refractivity contribution < 1.29 is 14.6 Å². The molecule has 2 aromatic rings. The number of piperazine rings is 1. The average molecular weight is 317 g/mol. The van der Waals surface area contributed by atoms with E-state index in [1.165, 1.54) is 0 Å². The fourth-order valence-electron chi connectivity index (χ4n) is 3.06. The first-order valence-electron chi connectivity index (χ1n) is 7.85. The number of nitrogens with zero attached hydrogens (tertiary/aromatic N) is 3. The third kappa shape index (κ3) is 3.18. The number of hydrogen-bond acceptors (Lipinski definition) is 6. The lowest BCUT2D eigenvalue weighted by Gasteiger charge is -2.35. The van der Waals surface area contributed by atoms with Gasteiger partial charge in [0.25, 0.3) is 0 Å². The molecule has 1 saturated heterocycles. The van der Waals surface area contributed by atoms with Crippen LogP contribution in [0, 0.1) is 0 Å². The Hall–Kier alpha value is -2.05. The number of methoxy groups -OCH3 is 2. The van der Waals surface area contributed by atoms with Crippen LogP contribution in [0.5, 0.6) is 11.5 Å². The van der Waals surface area contributed by atoms with Crippen molar-refractivity contribution in [2.75, 3.05) is 58.5 Å². The van der Waals surface area contributed by atoms with Crippen molar-refractivity contribution in [1.29, 1.82) is 0 Å². The number of anilines is 1. The van der Waals surface area contributed by atoms with Crippen LogP contribution in [-0.2, 0) is 0 Å². The van der Waals surface area contributed by atoms with Crippen molar-refractivity contribution >= 4 is 16.6 Å². The molecule has 0 atom stereocenters. The quantitative estimate of drug-likeness (QED) is 0.899. The minimum Gasteiger partial charge on any atom is -0.493 e. The molecule has 1 aromatic carbocycles. The Morgan fingerprint density at radius 3 is 2.43 bits per heavy atom. The summed E-state index contributed by atoms with van der Waals surface area (Å²) in [4.78, 5) is 9.16. The van der Waals surface area contributed by atoms with Crippen LogP contribution in [0.15, 0.2) is 24.4 Å². The summed E-state index contributed by atoms with van der Waals surface area (Å²) >= 11 is 0. The lowest BCUT2D eigenvalue weighted by atomic mass is 10.1. The highest BCUT2D eigenvalue weighted by molar-refractivity contribution is 5.94. The Morgan fingerprint density at radius 2 is 1.78 bits per heavy atom.